The van der Waals surface area contributed by atoms with E-state index in [-0.39, 0.29) is 18.8 Å². The third-order valence-electron chi connectivity index (χ3n) is 3.22. The van der Waals surface area contributed by atoms with Gasteiger partial charge in [0.25, 0.3) is 0 Å². The van der Waals surface area contributed by atoms with Crippen LogP contribution in [0.5, 0.6) is 0 Å². The summed E-state index contributed by atoms with van der Waals surface area (Å²) < 4.78 is 30.7. The molecule has 1 atom stereocenters. The van der Waals surface area contributed by atoms with Crippen molar-refractivity contribution in [2.24, 2.45) is 11.8 Å². The quantitative estimate of drug-likeness (QED) is 0.704. The SMILES string of the molecule is C[C@H]1COCCN(CC2CC(F)(F)C2)C1. The van der Waals surface area contributed by atoms with Gasteiger partial charge in [0, 0.05) is 32.5 Å². The Morgan fingerprint density at radius 1 is 1.40 bits per heavy atom. The maximum atomic E-state index is 12.7. The molecule has 2 rings (SSSR count). The number of hydrogen-bond acceptors (Lipinski definition) is 2. The molecular weight excluding hydrogens is 200 g/mol. The highest BCUT2D eigenvalue weighted by molar-refractivity contribution is 4.88. The predicted molar refractivity (Wildman–Crippen MR) is 54.1 cm³/mol. The smallest absolute Gasteiger partial charge is 0.248 e. The average Bonchev–Trinajstić information content (AvgIpc) is 2.26. The molecule has 1 aliphatic carbocycles. The van der Waals surface area contributed by atoms with E-state index in [9.17, 15) is 8.78 Å². The van der Waals surface area contributed by atoms with E-state index in [1.165, 1.54) is 0 Å². The highest BCUT2D eigenvalue weighted by Gasteiger charge is 2.45. The van der Waals surface area contributed by atoms with Crippen LogP contribution >= 0.6 is 0 Å². The average molecular weight is 219 g/mol. The molecule has 4 heteroatoms. The second-order valence-corrected chi connectivity index (χ2v) is 5.07. The number of nitrogens with zero attached hydrogens (tertiary/aromatic N) is 1. The molecule has 0 aromatic carbocycles. The van der Waals surface area contributed by atoms with Gasteiger partial charge in [-0.05, 0) is 11.8 Å². The van der Waals surface area contributed by atoms with E-state index in [2.05, 4.69) is 11.8 Å². The Morgan fingerprint density at radius 3 is 2.80 bits per heavy atom. The molecule has 88 valence electrons. The van der Waals surface area contributed by atoms with Crippen molar-refractivity contribution < 1.29 is 13.5 Å². The maximum absolute atomic E-state index is 12.7. The molecular formula is C11H19F2NO. The summed E-state index contributed by atoms with van der Waals surface area (Å²) in [4.78, 5) is 2.28. The lowest BCUT2D eigenvalue weighted by molar-refractivity contribution is -0.116. The summed E-state index contributed by atoms with van der Waals surface area (Å²) >= 11 is 0. The van der Waals surface area contributed by atoms with E-state index >= 15 is 0 Å². The molecule has 0 aromatic rings. The third kappa shape index (κ3) is 3.11. The van der Waals surface area contributed by atoms with Crippen LogP contribution in [-0.4, -0.2) is 43.7 Å². The lowest BCUT2D eigenvalue weighted by Gasteiger charge is -2.38. The molecule has 0 aromatic heterocycles. The van der Waals surface area contributed by atoms with Gasteiger partial charge in [-0.3, -0.25) is 0 Å². The lowest BCUT2D eigenvalue weighted by Crippen LogP contribution is -2.43. The number of hydrogen-bond donors (Lipinski definition) is 0. The van der Waals surface area contributed by atoms with Gasteiger partial charge >= 0.3 is 0 Å². The van der Waals surface area contributed by atoms with E-state index < -0.39 is 5.92 Å². The summed E-state index contributed by atoms with van der Waals surface area (Å²) in [5.41, 5.74) is 0. The first-order valence-corrected chi connectivity index (χ1v) is 5.73. The van der Waals surface area contributed by atoms with Crippen molar-refractivity contribution >= 4 is 0 Å². The summed E-state index contributed by atoms with van der Waals surface area (Å²) in [6.07, 6.45) is 0.164. The van der Waals surface area contributed by atoms with Crippen LogP contribution in [0.1, 0.15) is 19.8 Å². The van der Waals surface area contributed by atoms with Crippen molar-refractivity contribution in [1.29, 1.82) is 0 Å². The maximum Gasteiger partial charge on any atom is 0.248 e. The van der Waals surface area contributed by atoms with Gasteiger partial charge in [0.2, 0.25) is 5.92 Å². The first-order chi connectivity index (χ1) is 7.05. The molecule has 0 radical (unpaired) electrons. The van der Waals surface area contributed by atoms with Gasteiger partial charge in [0.15, 0.2) is 0 Å². The Bertz CT molecular complexity index is 215. The minimum atomic E-state index is -2.38. The molecule has 2 fully saturated rings. The van der Waals surface area contributed by atoms with E-state index in [1.807, 2.05) is 0 Å². The second kappa shape index (κ2) is 4.34. The molecule has 15 heavy (non-hydrogen) atoms. The van der Waals surface area contributed by atoms with Crippen molar-refractivity contribution in [2.75, 3.05) is 32.8 Å². The van der Waals surface area contributed by atoms with Gasteiger partial charge in [-0.2, -0.15) is 0 Å². The Morgan fingerprint density at radius 2 is 2.13 bits per heavy atom. The van der Waals surface area contributed by atoms with Gasteiger partial charge in [-0.15, -0.1) is 0 Å². The molecule has 1 aliphatic heterocycles. The minimum absolute atomic E-state index is 0.0821. The second-order valence-electron chi connectivity index (χ2n) is 5.07. The molecule has 0 N–H and O–H groups in total. The molecule has 2 aliphatic rings. The van der Waals surface area contributed by atoms with Crippen LogP contribution in [0.3, 0.4) is 0 Å². The van der Waals surface area contributed by atoms with Crippen molar-refractivity contribution in [3.8, 4) is 0 Å². The zero-order valence-corrected chi connectivity index (χ0v) is 9.22. The molecule has 0 amide bonds. The van der Waals surface area contributed by atoms with Crippen LogP contribution in [0.2, 0.25) is 0 Å². The fraction of sp³-hybridized carbons (Fsp3) is 1.00. The van der Waals surface area contributed by atoms with Gasteiger partial charge in [-0.25, -0.2) is 8.78 Å². The van der Waals surface area contributed by atoms with E-state index in [0.29, 0.717) is 5.92 Å². The van der Waals surface area contributed by atoms with E-state index in [1.54, 1.807) is 0 Å². The van der Waals surface area contributed by atoms with Crippen LogP contribution in [0, 0.1) is 11.8 Å². The monoisotopic (exact) mass is 219 g/mol. The van der Waals surface area contributed by atoms with E-state index in [4.69, 9.17) is 4.74 Å². The number of halogens is 2. The van der Waals surface area contributed by atoms with Crippen molar-refractivity contribution in [3.63, 3.8) is 0 Å². The molecule has 0 spiro atoms. The number of rotatable bonds is 2. The highest BCUT2D eigenvalue weighted by Crippen LogP contribution is 2.42. The van der Waals surface area contributed by atoms with Crippen molar-refractivity contribution in [3.05, 3.63) is 0 Å². The fourth-order valence-electron chi connectivity index (χ4n) is 2.51. The summed E-state index contributed by atoms with van der Waals surface area (Å²) in [5, 5.41) is 0. The Labute approximate surface area is 89.6 Å². The highest BCUT2D eigenvalue weighted by atomic mass is 19.3. The first kappa shape index (κ1) is 11.3. The van der Waals surface area contributed by atoms with Crippen LogP contribution < -0.4 is 0 Å². The molecule has 2 nitrogen and oxygen atoms in total. The number of ether oxygens (including phenoxy) is 1. The Balaban J connectivity index is 1.74. The predicted octanol–water partition coefficient (Wildman–Crippen LogP) is 2.00. The van der Waals surface area contributed by atoms with Gasteiger partial charge in [0.1, 0.15) is 0 Å². The minimum Gasteiger partial charge on any atom is -0.380 e. The zero-order chi connectivity index (χ0) is 10.9. The molecule has 1 heterocycles. The molecule has 1 saturated carbocycles. The van der Waals surface area contributed by atoms with Crippen molar-refractivity contribution in [1.82, 2.24) is 4.90 Å². The van der Waals surface area contributed by atoms with Gasteiger partial charge in [0.05, 0.1) is 13.2 Å². The van der Waals surface area contributed by atoms with Gasteiger partial charge < -0.3 is 9.64 Å². The summed E-state index contributed by atoms with van der Waals surface area (Å²) in [7, 11) is 0. The Kier molecular flexibility index (Phi) is 3.26. The van der Waals surface area contributed by atoms with Crippen LogP contribution in [-0.2, 0) is 4.74 Å². The standard InChI is InChI=1S/C11H19F2NO/c1-9-6-14(2-3-15-8-9)7-10-4-11(12,13)5-10/h9-10H,2-8H2,1H3/t9-/m1/s1. The lowest BCUT2D eigenvalue weighted by atomic mass is 9.81. The summed E-state index contributed by atoms with van der Waals surface area (Å²) in [6, 6.07) is 0. The molecule has 1 saturated heterocycles. The number of alkyl halides is 2. The van der Waals surface area contributed by atoms with Crippen molar-refractivity contribution in [2.45, 2.75) is 25.7 Å². The zero-order valence-electron chi connectivity index (χ0n) is 9.22. The normalized spacial score (nSPS) is 33.4. The molecule has 0 unspecified atom stereocenters. The van der Waals surface area contributed by atoms with E-state index in [0.717, 1.165) is 32.8 Å². The summed E-state index contributed by atoms with van der Waals surface area (Å²) in [5.74, 6) is -1.66. The third-order valence-corrected chi connectivity index (χ3v) is 3.22. The van der Waals surface area contributed by atoms with Gasteiger partial charge in [-0.1, -0.05) is 6.92 Å². The van der Waals surface area contributed by atoms with Crippen LogP contribution in [0.4, 0.5) is 8.78 Å². The van der Waals surface area contributed by atoms with Crippen LogP contribution in [0.25, 0.3) is 0 Å². The largest absolute Gasteiger partial charge is 0.380 e. The first-order valence-electron chi connectivity index (χ1n) is 5.73. The topological polar surface area (TPSA) is 12.5 Å². The fourth-order valence-corrected chi connectivity index (χ4v) is 2.51. The summed E-state index contributed by atoms with van der Waals surface area (Å²) in [6.45, 7) is 6.40. The van der Waals surface area contributed by atoms with Crippen LogP contribution in [0.15, 0.2) is 0 Å². The molecule has 0 bridgehead atoms. The Hall–Kier alpha value is -0.220.